The van der Waals surface area contributed by atoms with E-state index in [0.29, 0.717) is 16.5 Å². The lowest BCUT2D eigenvalue weighted by Gasteiger charge is -2.32. The van der Waals surface area contributed by atoms with Gasteiger partial charge in [-0.25, -0.2) is 4.98 Å². The zero-order valence-corrected chi connectivity index (χ0v) is 16.5. The fraction of sp³-hybridized carbons (Fsp3) is 0.364. The Labute approximate surface area is 164 Å². The van der Waals surface area contributed by atoms with Crippen molar-refractivity contribution >= 4 is 28.5 Å². The Morgan fingerprint density at radius 1 is 1.11 bits per heavy atom. The predicted molar refractivity (Wildman–Crippen MR) is 109 cm³/mol. The number of aryl methyl sites for hydroxylation is 2. The summed E-state index contributed by atoms with van der Waals surface area (Å²) >= 11 is 5.92. The van der Waals surface area contributed by atoms with Gasteiger partial charge in [0, 0.05) is 30.2 Å². The molecule has 2 aromatic carbocycles. The molecule has 1 aliphatic heterocycles. The van der Waals surface area contributed by atoms with Crippen LogP contribution in [-0.4, -0.2) is 33.4 Å². The molecule has 5 heteroatoms. The van der Waals surface area contributed by atoms with E-state index in [0.717, 1.165) is 38.0 Å². The SMILES string of the molecule is Cc1cc2ncn(CC3CCN(C(=O)c4ccc(Cl)cc4)CC3)c2cc1C. The summed E-state index contributed by atoms with van der Waals surface area (Å²) in [5.74, 6) is 0.669. The maximum absolute atomic E-state index is 12.6. The molecule has 27 heavy (non-hydrogen) atoms. The van der Waals surface area contributed by atoms with Crippen LogP contribution in [0.4, 0.5) is 0 Å². The van der Waals surface area contributed by atoms with Gasteiger partial charge in [0.05, 0.1) is 17.4 Å². The summed E-state index contributed by atoms with van der Waals surface area (Å²) in [6.07, 6.45) is 3.99. The third kappa shape index (κ3) is 3.72. The van der Waals surface area contributed by atoms with Crippen LogP contribution in [0.3, 0.4) is 0 Å². The largest absolute Gasteiger partial charge is 0.339 e. The number of carbonyl (C=O) groups excluding carboxylic acids is 1. The molecular weight excluding hydrogens is 358 g/mol. The van der Waals surface area contributed by atoms with E-state index in [4.69, 9.17) is 11.6 Å². The van der Waals surface area contributed by atoms with Crippen LogP contribution in [-0.2, 0) is 6.54 Å². The Morgan fingerprint density at radius 2 is 1.78 bits per heavy atom. The van der Waals surface area contributed by atoms with Crippen LogP contribution < -0.4 is 0 Å². The van der Waals surface area contributed by atoms with Gasteiger partial charge < -0.3 is 9.47 Å². The number of rotatable bonds is 3. The molecule has 2 heterocycles. The Morgan fingerprint density at radius 3 is 2.48 bits per heavy atom. The molecule has 1 amide bonds. The van der Waals surface area contributed by atoms with Crippen molar-refractivity contribution in [1.29, 1.82) is 0 Å². The summed E-state index contributed by atoms with van der Waals surface area (Å²) < 4.78 is 2.27. The van der Waals surface area contributed by atoms with Crippen LogP contribution in [0.1, 0.15) is 34.3 Å². The van der Waals surface area contributed by atoms with Crippen LogP contribution in [0.25, 0.3) is 11.0 Å². The lowest BCUT2D eigenvalue weighted by Crippen LogP contribution is -2.39. The summed E-state index contributed by atoms with van der Waals surface area (Å²) in [5, 5.41) is 0.656. The van der Waals surface area contributed by atoms with Crippen LogP contribution in [0.5, 0.6) is 0 Å². The molecule has 1 aliphatic rings. The van der Waals surface area contributed by atoms with Crippen LogP contribution in [0.2, 0.25) is 5.02 Å². The molecule has 140 valence electrons. The summed E-state index contributed by atoms with van der Waals surface area (Å²) in [6.45, 7) is 6.84. The Kier molecular flexibility index (Phi) is 4.92. The van der Waals surface area contributed by atoms with Gasteiger partial charge >= 0.3 is 0 Å². The topological polar surface area (TPSA) is 38.1 Å². The quantitative estimate of drug-likeness (QED) is 0.649. The highest BCUT2D eigenvalue weighted by Gasteiger charge is 2.24. The highest BCUT2D eigenvalue weighted by atomic mass is 35.5. The minimum Gasteiger partial charge on any atom is -0.339 e. The van der Waals surface area contributed by atoms with Gasteiger partial charge in [-0.05, 0) is 80.1 Å². The molecule has 4 rings (SSSR count). The van der Waals surface area contributed by atoms with Gasteiger partial charge in [0.15, 0.2) is 0 Å². The number of halogens is 1. The molecule has 1 saturated heterocycles. The number of carbonyl (C=O) groups is 1. The number of piperidine rings is 1. The van der Waals surface area contributed by atoms with E-state index < -0.39 is 0 Å². The first kappa shape index (κ1) is 18.1. The molecule has 1 aromatic heterocycles. The molecular formula is C22H24ClN3O. The average Bonchev–Trinajstić information content (AvgIpc) is 3.04. The normalized spacial score (nSPS) is 15.4. The lowest BCUT2D eigenvalue weighted by atomic mass is 9.96. The molecule has 4 nitrogen and oxygen atoms in total. The van der Waals surface area contributed by atoms with Gasteiger partial charge in [-0.15, -0.1) is 0 Å². The van der Waals surface area contributed by atoms with Gasteiger partial charge in [-0.2, -0.15) is 0 Å². The molecule has 0 unspecified atom stereocenters. The second-order valence-electron chi connectivity index (χ2n) is 7.56. The van der Waals surface area contributed by atoms with Gasteiger partial charge in [-0.1, -0.05) is 11.6 Å². The number of benzene rings is 2. The van der Waals surface area contributed by atoms with Crippen molar-refractivity contribution in [1.82, 2.24) is 14.5 Å². The Balaban J connectivity index is 1.40. The maximum Gasteiger partial charge on any atom is 0.253 e. The molecule has 0 bridgehead atoms. The predicted octanol–water partition coefficient (Wildman–Crippen LogP) is 4.86. The maximum atomic E-state index is 12.6. The molecule has 1 fully saturated rings. The number of nitrogens with zero attached hydrogens (tertiary/aromatic N) is 3. The number of aromatic nitrogens is 2. The second-order valence-corrected chi connectivity index (χ2v) is 8.00. The molecule has 0 N–H and O–H groups in total. The highest BCUT2D eigenvalue weighted by molar-refractivity contribution is 6.30. The van der Waals surface area contributed by atoms with E-state index in [1.807, 2.05) is 11.2 Å². The number of fused-ring (bicyclic) bond motifs is 1. The first-order chi connectivity index (χ1) is 13.0. The first-order valence-electron chi connectivity index (χ1n) is 9.48. The molecule has 0 aliphatic carbocycles. The second kappa shape index (κ2) is 7.35. The zero-order valence-electron chi connectivity index (χ0n) is 15.8. The molecule has 3 aromatic rings. The van der Waals surface area contributed by atoms with Crippen molar-refractivity contribution < 1.29 is 4.79 Å². The van der Waals surface area contributed by atoms with E-state index in [2.05, 4.69) is 35.5 Å². The number of hydrogen-bond acceptors (Lipinski definition) is 2. The number of hydrogen-bond donors (Lipinski definition) is 0. The third-order valence-electron chi connectivity index (χ3n) is 5.68. The Hall–Kier alpha value is -2.33. The van der Waals surface area contributed by atoms with Crippen molar-refractivity contribution in [3.05, 3.63) is 64.4 Å². The highest BCUT2D eigenvalue weighted by Crippen LogP contribution is 2.24. The van der Waals surface area contributed by atoms with E-state index >= 15 is 0 Å². The monoisotopic (exact) mass is 381 g/mol. The average molecular weight is 382 g/mol. The fourth-order valence-corrected chi connectivity index (χ4v) is 3.96. The van der Waals surface area contributed by atoms with Crippen LogP contribution in [0, 0.1) is 19.8 Å². The molecule has 0 saturated carbocycles. The van der Waals surface area contributed by atoms with Gasteiger partial charge in [0.2, 0.25) is 0 Å². The summed E-state index contributed by atoms with van der Waals surface area (Å²) in [6, 6.07) is 11.5. The smallest absolute Gasteiger partial charge is 0.253 e. The number of amides is 1. The molecule has 0 atom stereocenters. The van der Waals surface area contributed by atoms with Gasteiger partial charge in [-0.3, -0.25) is 4.79 Å². The van der Waals surface area contributed by atoms with Crippen molar-refractivity contribution in [3.8, 4) is 0 Å². The van der Waals surface area contributed by atoms with E-state index in [1.54, 1.807) is 24.3 Å². The lowest BCUT2D eigenvalue weighted by molar-refractivity contribution is 0.0683. The van der Waals surface area contributed by atoms with Crippen LogP contribution in [0.15, 0.2) is 42.7 Å². The summed E-state index contributed by atoms with van der Waals surface area (Å²) in [4.78, 5) is 19.2. The zero-order chi connectivity index (χ0) is 19.0. The minimum absolute atomic E-state index is 0.101. The van der Waals surface area contributed by atoms with Crippen molar-refractivity contribution in [2.24, 2.45) is 5.92 Å². The van der Waals surface area contributed by atoms with Crippen molar-refractivity contribution in [3.63, 3.8) is 0 Å². The third-order valence-corrected chi connectivity index (χ3v) is 5.94. The molecule has 0 spiro atoms. The number of likely N-dealkylation sites (tertiary alicyclic amines) is 1. The van der Waals surface area contributed by atoms with Crippen molar-refractivity contribution in [2.45, 2.75) is 33.2 Å². The number of imidazole rings is 1. The molecule has 0 radical (unpaired) electrons. The Bertz CT molecular complexity index is 969. The van der Waals surface area contributed by atoms with E-state index in [9.17, 15) is 4.79 Å². The fourth-order valence-electron chi connectivity index (χ4n) is 3.83. The van der Waals surface area contributed by atoms with Crippen molar-refractivity contribution in [2.75, 3.05) is 13.1 Å². The van der Waals surface area contributed by atoms with Crippen LogP contribution >= 0.6 is 11.6 Å². The van der Waals surface area contributed by atoms with Gasteiger partial charge in [0.1, 0.15) is 0 Å². The van der Waals surface area contributed by atoms with E-state index in [-0.39, 0.29) is 5.91 Å². The summed E-state index contributed by atoms with van der Waals surface area (Å²) in [7, 11) is 0. The minimum atomic E-state index is 0.101. The van der Waals surface area contributed by atoms with Gasteiger partial charge in [0.25, 0.3) is 5.91 Å². The first-order valence-corrected chi connectivity index (χ1v) is 9.86. The standard InChI is InChI=1S/C22H24ClN3O/c1-15-11-20-21(12-16(15)2)26(14-24-20)13-17-7-9-25(10-8-17)22(27)18-3-5-19(23)6-4-18/h3-6,11-12,14,17H,7-10,13H2,1-2H3. The van der Waals surface area contributed by atoms with E-state index in [1.165, 1.54) is 16.6 Å². The summed E-state index contributed by atoms with van der Waals surface area (Å²) in [5.41, 5.74) is 5.56.